The highest BCUT2D eigenvalue weighted by atomic mass is 35.5. The van der Waals surface area contributed by atoms with Crippen LogP contribution in [0.25, 0.3) is 0 Å². The summed E-state index contributed by atoms with van der Waals surface area (Å²) in [6.45, 7) is 2.02. The minimum Gasteiger partial charge on any atom is -0.315 e. The molecule has 1 saturated carbocycles. The Morgan fingerprint density at radius 3 is 2.67 bits per heavy atom. The average Bonchev–Trinajstić information content (AvgIpc) is 2.38. The maximum atomic E-state index is 8.58. The first-order valence-electron chi connectivity index (χ1n) is 2.99. The van der Waals surface area contributed by atoms with Crippen molar-refractivity contribution in [2.75, 3.05) is 13.1 Å². The summed E-state index contributed by atoms with van der Waals surface area (Å²) < 4.78 is 0. The van der Waals surface area contributed by atoms with Crippen LogP contribution in [-0.4, -0.2) is 13.1 Å². The Hall–Kier alpha value is -0.260. The van der Waals surface area contributed by atoms with Gasteiger partial charge in [0.2, 0.25) is 0 Å². The van der Waals surface area contributed by atoms with Crippen LogP contribution < -0.4 is 5.32 Å². The number of piperidine rings is 1. The van der Waals surface area contributed by atoms with Gasteiger partial charge >= 0.3 is 0 Å². The van der Waals surface area contributed by atoms with Gasteiger partial charge in [-0.1, -0.05) is 0 Å². The molecule has 3 heteroatoms. The van der Waals surface area contributed by atoms with Crippen molar-refractivity contribution in [3.8, 4) is 6.07 Å². The Morgan fingerprint density at radius 1 is 1.67 bits per heavy atom. The summed E-state index contributed by atoms with van der Waals surface area (Å²) in [5.41, 5.74) is 0.0972. The van der Waals surface area contributed by atoms with Gasteiger partial charge in [-0.2, -0.15) is 5.26 Å². The molecule has 1 saturated heterocycles. The second-order valence-electron chi connectivity index (χ2n) is 2.80. The van der Waals surface area contributed by atoms with Crippen LogP contribution in [0.1, 0.15) is 6.42 Å². The van der Waals surface area contributed by atoms with Crippen LogP contribution in [0.15, 0.2) is 0 Å². The molecule has 9 heavy (non-hydrogen) atoms. The predicted molar refractivity (Wildman–Crippen MR) is 36.3 cm³/mol. The molecule has 50 valence electrons. The number of halogens is 1. The predicted octanol–water partition coefficient (Wildman–Crippen LogP) is 0.541. The Balaban J connectivity index is 0.000000405. The van der Waals surface area contributed by atoms with E-state index < -0.39 is 0 Å². The maximum absolute atomic E-state index is 8.58. The smallest absolute Gasteiger partial charge is 0.0742 e. The normalized spacial score (nSPS) is 44.6. The van der Waals surface area contributed by atoms with E-state index in [2.05, 4.69) is 11.4 Å². The molecule has 0 aromatic rings. The van der Waals surface area contributed by atoms with Gasteiger partial charge in [-0.05, 0) is 18.9 Å². The van der Waals surface area contributed by atoms with Gasteiger partial charge in [0.25, 0.3) is 0 Å². The van der Waals surface area contributed by atoms with Crippen molar-refractivity contribution in [2.45, 2.75) is 6.42 Å². The van der Waals surface area contributed by atoms with Crippen molar-refractivity contribution >= 4 is 12.4 Å². The second kappa shape index (κ2) is 1.86. The van der Waals surface area contributed by atoms with Gasteiger partial charge in [0.15, 0.2) is 0 Å². The molecule has 1 aliphatic carbocycles. The maximum Gasteiger partial charge on any atom is 0.0742 e. The van der Waals surface area contributed by atoms with Crippen LogP contribution in [0.3, 0.4) is 0 Å². The highest BCUT2D eigenvalue weighted by Crippen LogP contribution is 2.54. The molecule has 2 aliphatic rings. The molecule has 1 aliphatic heterocycles. The summed E-state index contributed by atoms with van der Waals surface area (Å²) in [6.07, 6.45) is 1.15. The van der Waals surface area contributed by atoms with Crippen LogP contribution in [0.4, 0.5) is 0 Å². The molecule has 0 aromatic carbocycles. The molecule has 2 nitrogen and oxygen atoms in total. The highest BCUT2D eigenvalue weighted by Gasteiger charge is 2.57. The van der Waals surface area contributed by atoms with E-state index in [9.17, 15) is 0 Å². The Labute approximate surface area is 60.6 Å². The number of fused-ring (bicyclic) bond motifs is 1. The molecule has 0 bridgehead atoms. The van der Waals surface area contributed by atoms with Crippen molar-refractivity contribution in [3.05, 3.63) is 0 Å². The minimum absolute atomic E-state index is 0. The van der Waals surface area contributed by atoms with Crippen molar-refractivity contribution in [1.29, 1.82) is 5.26 Å². The first kappa shape index (κ1) is 6.85. The summed E-state index contributed by atoms with van der Waals surface area (Å²) in [6, 6.07) is 2.35. The molecule has 2 rings (SSSR count). The standard InChI is InChI=1S/C6H8N2.ClH/c7-3-6-1-5(6)2-8-4-6;/h5,8H,1-2,4H2;1H. The van der Waals surface area contributed by atoms with E-state index in [1.165, 1.54) is 0 Å². The molecule has 0 radical (unpaired) electrons. The van der Waals surface area contributed by atoms with Gasteiger partial charge in [0.1, 0.15) is 0 Å². The topological polar surface area (TPSA) is 35.8 Å². The third-order valence-electron chi connectivity index (χ3n) is 2.29. The Kier molecular flexibility index (Phi) is 1.42. The number of nitriles is 1. The molecule has 0 amide bonds. The molecule has 2 atom stereocenters. The third-order valence-corrected chi connectivity index (χ3v) is 2.29. The number of hydrogen-bond donors (Lipinski definition) is 1. The van der Waals surface area contributed by atoms with Gasteiger partial charge in [-0.15, -0.1) is 12.4 Å². The monoisotopic (exact) mass is 144 g/mol. The molecule has 1 N–H and O–H groups in total. The molecular weight excluding hydrogens is 136 g/mol. The zero-order chi connectivity index (χ0) is 5.61. The van der Waals surface area contributed by atoms with Crippen molar-refractivity contribution in [3.63, 3.8) is 0 Å². The molecule has 0 aromatic heterocycles. The summed E-state index contributed by atoms with van der Waals surface area (Å²) in [5, 5.41) is 11.8. The quantitative estimate of drug-likeness (QED) is 0.539. The van der Waals surface area contributed by atoms with Gasteiger partial charge in [0.05, 0.1) is 11.5 Å². The van der Waals surface area contributed by atoms with E-state index in [0.29, 0.717) is 5.92 Å². The number of rotatable bonds is 0. The van der Waals surface area contributed by atoms with Crippen molar-refractivity contribution in [2.24, 2.45) is 11.3 Å². The SMILES string of the molecule is Cl.N#CC12CNCC1C2. The fourth-order valence-electron chi connectivity index (χ4n) is 1.51. The van der Waals surface area contributed by atoms with Crippen LogP contribution in [0, 0.1) is 22.7 Å². The van der Waals surface area contributed by atoms with Gasteiger partial charge < -0.3 is 5.32 Å². The number of nitrogens with zero attached hydrogens (tertiary/aromatic N) is 1. The van der Waals surface area contributed by atoms with Gasteiger partial charge in [-0.25, -0.2) is 0 Å². The van der Waals surface area contributed by atoms with E-state index in [4.69, 9.17) is 5.26 Å². The Bertz CT molecular complexity index is 163. The molecular formula is C6H9ClN2. The third kappa shape index (κ3) is 0.726. The van der Waals surface area contributed by atoms with Crippen LogP contribution in [-0.2, 0) is 0 Å². The van der Waals surface area contributed by atoms with Crippen LogP contribution in [0.5, 0.6) is 0 Å². The fourth-order valence-corrected chi connectivity index (χ4v) is 1.51. The number of hydrogen-bond acceptors (Lipinski definition) is 2. The van der Waals surface area contributed by atoms with Gasteiger partial charge in [-0.3, -0.25) is 0 Å². The summed E-state index contributed by atoms with van der Waals surface area (Å²) >= 11 is 0. The summed E-state index contributed by atoms with van der Waals surface area (Å²) in [7, 11) is 0. The Morgan fingerprint density at radius 2 is 2.44 bits per heavy atom. The molecule has 2 fully saturated rings. The van der Waals surface area contributed by atoms with Crippen molar-refractivity contribution < 1.29 is 0 Å². The van der Waals surface area contributed by atoms with E-state index >= 15 is 0 Å². The largest absolute Gasteiger partial charge is 0.315 e. The zero-order valence-corrected chi connectivity index (χ0v) is 5.87. The molecule has 1 heterocycles. The summed E-state index contributed by atoms with van der Waals surface area (Å²) in [5.74, 6) is 0.701. The van der Waals surface area contributed by atoms with E-state index in [1.54, 1.807) is 0 Å². The first-order chi connectivity index (χ1) is 3.87. The minimum atomic E-state index is 0. The molecule has 2 unspecified atom stereocenters. The van der Waals surface area contributed by atoms with E-state index in [-0.39, 0.29) is 17.8 Å². The van der Waals surface area contributed by atoms with E-state index in [1.807, 2.05) is 0 Å². The fraction of sp³-hybridized carbons (Fsp3) is 0.833. The number of nitrogens with one attached hydrogen (secondary N) is 1. The highest BCUT2D eigenvalue weighted by molar-refractivity contribution is 5.85. The lowest BCUT2D eigenvalue weighted by Gasteiger charge is -1.94. The lowest BCUT2D eigenvalue weighted by atomic mass is 10.1. The summed E-state index contributed by atoms with van der Waals surface area (Å²) in [4.78, 5) is 0. The average molecular weight is 145 g/mol. The van der Waals surface area contributed by atoms with Crippen LogP contribution >= 0.6 is 12.4 Å². The lowest BCUT2D eigenvalue weighted by Crippen LogP contribution is -2.14. The van der Waals surface area contributed by atoms with Crippen molar-refractivity contribution in [1.82, 2.24) is 5.32 Å². The lowest BCUT2D eigenvalue weighted by molar-refractivity contribution is 0.658. The molecule has 0 spiro atoms. The zero-order valence-electron chi connectivity index (χ0n) is 5.05. The van der Waals surface area contributed by atoms with Crippen LogP contribution in [0.2, 0.25) is 0 Å². The first-order valence-corrected chi connectivity index (χ1v) is 2.99. The van der Waals surface area contributed by atoms with Gasteiger partial charge in [0, 0.05) is 6.54 Å². The second-order valence-corrected chi connectivity index (χ2v) is 2.80. The van der Waals surface area contributed by atoms with E-state index in [0.717, 1.165) is 19.5 Å².